The zero-order valence-corrected chi connectivity index (χ0v) is 15.0. The van der Waals surface area contributed by atoms with Gasteiger partial charge in [-0.2, -0.15) is 10.2 Å². The summed E-state index contributed by atoms with van der Waals surface area (Å²) in [6.07, 6.45) is 4.09. The van der Waals surface area contributed by atoms with E-state index in [9.17, 15) is 4.79 Å². The third-order valence-corrected chi connectivity index (χ3v) is 3.94. The molecule has 0 aromatic carbocycles. The van der Waals surface area contributed by atoms with E-state index >= 15 is 0 Å². The van der Waals surface area contributed by atoms with Gasteiger partial charge in [0.2, 0.25) is 0 Å². The molecule has 0 aliphatic heterocycles. The molecule has 0 spiro atoms. The first kappa shape index (κ1) is 17.3. The molecule has 3 aromatic heterocycles. The first-order valence-electron chi connectivity index (χ1n) is 8.07. The molecule has 0 radical (unpaired) electrons. The number of hydrogen-bond donors (Lipinski definition) is 1. The molecule has 0 atom stereocenters. The van der Waals surface area contributed by atoms with E-state index in [-0.39, 0.29) is 5.91 Å². The van der Waals surface area contributed by atoms with Crippen molar-refractivity contribution in [3.63, 3.8) is 0 Å². The van der Waals surface area contributed by atoms with Crippen molar-refractivity contribution in [1.29, 1.82) is 0 Å². The zero-order valence-electron chi connectivity index (χ0n) is 14.2. The Hall–Kier alpha value is -2.54. The smallest absolute Gasteiger partial charge is 0.286 e. The molecule has 3 heterocycles. The summed E-state index contributed by atoms with van der Waals surface area (Å²) < 4.78 is 9.22. The zero-order chi connectivity index (χ0) is 17.8. The summed E-state index contributed by atoms with van der Waals surface area (Å²) in [4.78, 5) is 12.1. The Kier molecular flexibility index (Phi) is 5.23. The van der Waals surface area contributed by atoms with E-state index in [2.05, 4.69) is 15.5 Å². The lowest BCUT2D eigenvalue weighted by molar-refractivity contribution is 0.0923. The monoisotopic (exact) mass is 361 g/mol. The van der Waals surface area contributed by atoms with Gasteiger partial charge in [0.15, 0.2) is 5.76 Å². The Balaban J connectivity index is 1.48. The van der Waals surface area contributed by atoms with Crippen molar-refractivity contribution in [1.82, 2.24) is 24.9 Å². The standard InChI is InChI=1S/C17H20ClN5O2/c1-12-8-13(2)23(21-12)11-15-4-5-16(25-15)17(24)19-6-3-7-22-10-14(18)9-20-22/h4-5,8-10H,3,6-7,11H2,1-2H3,(H,19,24). The summed E-state index contributed by atoms with van der Waals surface area (Å²) in [6, 6.07) is 5.49. The number of carbonyl (C=O) groups is 1. The lowest BCUT2D eigenvalue weighted by Crippen LogP contribution is -2.24. The highest BCUT2D eigenvalue weighted by atomic mass is 35.5. The van der Waals surface area contributed by atoms with Crippen LogP contribution < -0.4 is 5.32 Å². The highest BCUT2D eigenvalue weighted by Gasteiger charge is 2.12. The fourth-order valence-electron chi connectivity index (χ4n) is 2.56. The molecule has 0 unspecified atom stereocenters. The largest absolute Gasteiger partial charge is 0.454 e. The van der Waals surface area contributed by atoms with Gasteiger partial charge in [0.1, 0.15) is 5.76 Å². The van der Waals surface area contributed by atoms with E-state index in [4.69, 9.17) is 16.0 Å². The van der Waals surface area contributed by atoms with Crippen LogP contribution in [0.1, 0.15) is 34.1 Å². The molecule has 0 aliphatic rings. The van der Waals surface area contributed by atoms with Gasteiger partial charge in [0.25, 0.3) is 5.91 Å². The predicted octanol–water partition coefficient (Wildman–Crippen LogP) is 2.81. The normalized spacial score (nSPS) is 11.0. The van der Waals surface area contributed by atoms with Crippen LogP contribution in [0.25, 0.3) is 0 Å². The van der Waals surface area contributed by atoms with Crippen molar-refractivity contribution in [2.24, 2.45) is 0 Å². The van der Waals surface area contributed by atoms with Crippen LogP contribution in [-0.4, -0.2) is 32.0 Å². The SMILES string of the molecule is Cc1cc(C)n(Cc2ccc(C(=O)NCCCn3cc(Cl)cn3)o2)n1. The quantitative estimate of drug-likeness (QED) is 0.656. The first-order valence-corrected chi connectivity index (χ1v) is 8.45. The highest BCUT2D eigenvalue weighted by Crippen LogP contribution is 2.12. The van der Waals surface area contributed by atoms with Crippen LogP contribution in [0.5, 0.6) is 0 Å². The summed E-state index contributed by atoms with van der Waals surface area (Å²) in [5.74, 6) is 0.777. The number of rotatable bonds is 7. The molecule has 8 heteroatoms. The molecule has 0 bridgehead atoms. The van der Waals surface area contributed by atoms with Gasteiger partial charge in [0.05, 0.1) is 23.5 Å². The maximum Gasteiger partial charge on any atom is 0.286 e. The Morgan fingerprint density at radius 3 is 2.88 bits per heavy atom. The molecule has 1 N–H and O–H groups in total. The van der Waals surface area contributed by atoms with E-state index in [1.54, 1.807) is 29.2 Å². The second-order valence-corrected chi connectivity index (χ2v) is 6.32. The van der Waals surface area contributed by atoms with E-state index in [1.165, 1.54) is 0 Å². The molecule has 132 valence electrons. The van der Waals surface area contributed by atoms with Gasteiger partial charge in [-0.25, -0.2) is 0 Å². The number of carbonyl (C=O) groups excluding carboxylic acids is 1. The average molecular weight is 362 g/mol. The molecular weight excluding hydrogens is 342 g/mol. The average Bonchev–Trinajstić information content (AvgIpc) is 3.26. The summed E-state index contributed by atoms with van der Waals surface area (Å²) in [7, 11) is 0. The second kappa shape index (κ2) is 7.57. The molecule has 0 saturated heterocycles. The third kappa shape index (κ3) is 4.51. The van der Waals surface area contributed by atoms with Crippen molar-refractivity contribution in [3.05, 3.63) is 58.5 Å². The fraction of sp³-hybridized carbons (Fsp3) is 0.353. The number of amides is 1. The lowest BCUT2D eigenvalue weighted by Gasteiger charge is -2.04. The molecule has 0 fully saturated rings. The Morgan fingerprint density at radius 2 is 2.20 bits per heavy atom. The van der Waals surface area contributed by atoms with Crippen molar-refractivity contribution >= 4 is 17.5 Å². The van der Waals surface area contributed by atoms with Gasteiger partial charge in [-0.05, 0) is 38.5 Å². The number of furan rings is 1. The minimum Gasteiger partial charge on any atom is -0.454 e. The Labute approximate surface area is 150 Å². The van der Waals surface area contributed by atoms with Gasteiger partial charge in [-0.1, -0.05) is 11.6 Å². The minimum atomic E-state index is -0.224. The summed E-state index contributed by atoms with van der Waals surface area (Å²) in [5.41, 5.74) is 2.01. The topological polar surface area (TPSA) is 77.9 Å². The van der Waals surface area contributed by atoms with Crippen molar-refractivity contribution < 1.29 is 9.21 Å². The number of hydrogen-bond acceptors (Lipinski definition) is 4. The molecule has 0 aliphatic carbocycles. The predicted molar refractivity (Wildman–Crippen MR) is 93.7 cm³/mol. The minimum absolute atomic E-state index is 0.224. The Morgan fingerprint density at radius 1 is 1.36 bits per heavy atom. The van der Waals surface area contributed by atoms with Crippen LogP contribution >= 0.6 is 11.6 Å². The van der Waals surface area contributed by atoms with Gasteiger partial charge < -0.3 is 9.73 Å². The fourth-order valence-corrected chi connectivity index (χ4v) is 2.71. The van der Waals surface area contributed by atoms with Crippen molar-refractivity contribution in [2.75, 3.05) is 6.54 Å². The molecule has 3 rings (SSSR count). The number of aryl methyl sites for hydroxylation is 3. The summed E-state index contributed by atoms with van der Waals surface area (Å²) >= 11 is 5.80. The molecule has 25 heavy (non-hydrogen) atoms. The van der Waals surface area contributed by atoms with Crippen LogP contribution in [-0.2, 0) is 13.1 Å². The van der Waals surface area contributed by atoms with Crippen molar-refractivity contribution in [3.8, 4) is 0 Å². The molecule has 3 aromatic rings. The maximum absolute atomic E-state index is 12.1. The van der Waals surface area contributed by atoms with Gasteiger partial charge >= 0.3 is 0 Å². The molecule has 1 amide bonds. The second-order valence-electron chi connectivity index (χ2n) is 5.88. The van der Waals surface area contributed by atoms with Gasteiger partial charge in [-0.15, -0.1) is 0 Å². The van der Waals surface area contributed by atoms with Crippen LogP contribution in [0.3, 0.4) is 0 Å². The van der Waals surface area contributed by atoms with Gasteiger partial charge in [0, 0.05) is 25.0 Å². The number of halogens is 1. The number of nitrogens with zero attached hydrogens (tertiary/aromatic N) is 4. The number of aromatic nitrogens is 4. The first-order chi connectivity index (χ1) is 12.0. The van der Waals surface area contributed by atoms with E-state index in [1.807, 2.05) is 24.6 Å². The van der Waals surface area contributed by atoms with E-state index in [0.717, 1.165) is 17.8 Å². The molecular formula is C17H20ClN5O2. The van der Waals surface area contributed by atoms with Gasteiger partial charge in [-0.3, -0.25) is 14.2 Å². The Bertz CT molecular complexity index is 864. The van der Waals surface area contributed by atoms with Crippen LogP contribution in [0.4, 0.5) is 0 Å². The highest BCUT2D eigenvalue weighted by molar-refractivity contribution is 6.30. The molecule has 0 saturated carbocycles. The van der Waals surface area contributed by atoms with E-state index in [0.29, 0.717) is 36.2 Å². The molecule has 7 nitrogen and oxygen atoms in total. The maximum atomic E-state index is 12.1. The van der Waals surface area contributed by atoms with Crippen molar-refractivity contribution in [2.45, 2.75) is 33.4 Å². The van der Waals surface area contributed by atoms with Crippen LogP contribution in [0, 0.1) is 13.8 Å². The summed E-state index contributed by atoms with van der Waals surface area (Å²) in [5, 5.41) is 11.9. The van der Waals surface area contributed by atoms with Crippen LogP contribution in [0.15, 0.2) is 35.0 Å². The third-order valence-electron chi connectivity index (χ3n) is 3.75. The van der Waals surface area contributed by atoms with Crippen LogP contribution in [0.2, 0.25) is 5.02 Å². The van der Waals surface area contributed by atoms with E-state index < -0.39 is 0 Å². The lowest BCUT2D eigenvalue weighted by atomic mass is 10.3. The summed E-state index contributed by atoms with van der Waals surface area (Å²) in [6.45, 7) is 5.66. The number of nitrogens with one attached hydrogen (secondary N) is 1.